The van der Waals surface area contributed by atoms with Crippen LogP contribution in [0.15, 0.2) is 36.4 Å². The molecule has 0 unspecified atom stereocenters. The molecule has 0 spiro atoms. The molecule has 0 radical (unpaired) electrons. The van der Waals surface area contributed by atoms with Crippen LogP contribution in [0, 0.1) is 0 Å². The van der Waals surface area contributed by atoms with Gasteiger partial charge in [0.2, 0.25) is 0 Å². The van der Waals surface area contributed by atoms with Crippen molar-refractivity contribution in [3.05, 3.63) is 58.7 Å². The first-order valence-corrected chi connectivity index (χ1v) is 17.9. The maximum Gasteiger partial charge on any atom is 0.338 e. The van der Waals surface area contributed by atoms with Crippen LogP contribution in [0.4, 0.5) is 0 Å². The van der Waals surface area contributed by atoms with Gasteiger partial charge in [0.05, 0.1) is 77.7 Å². The number of quaternary nitrogens is 2. The number of unbranched alkanes of at least 4 members (excludes halogenated alkanes) is 4. The van der Waals surface area contributed by atoms with Crippen molar-refractivity contribution in [3.63, 3.8) is 0 Å². The Bertz CT molecular complexity index is 1200. The summed E-state index contributed by atoms with van der Waals surface area (Å²) in [7, 11) is 4.61. The van der Waals surface area contributed by atoms with Gasteiger partial charge in [-0.15, -0.1) is 0 Å². The van der Waals surface area contributed by atoms with E-state index in [2.05, 4.69) is 41.8 Å². The minimum Gasteiger partial charge on any atom is -1.00 e. The van der Waals surface area contributed by atoms with E-state index in [0.717, 1.165) is 72.2 Å². The lowest BCUT2D eigenvalue weighted by Crippen LogP contribution is -3.00. The fourth-order valence-electron chi connectivity index (χ4n) is 6.55. The van der Waals surface area contributed by atoms with Crippen LogP contribution in [-0.2, 0) is 9.47 Å². The Morgan fingerprint density at radius 1 is 0.531 bits per heavy atom. The zero-order valence-electron chi connectivity index (χ0n) is 30.9. The summed E-state index contributed by atoms with van der Waals surface area (Å²) < 4.78 is 13.3. The largest absolute Gasteiger partial charge is 1.00 e. The minimum atomic E-state index is -0.411. The number of carbonyl (C=O) groups is 3. The Hall–Kier alpha value is -1.61. The van der Waals surface area contributed by atoms with Crippen LogP contribution in [0.3, 0.4) is 0 Å². The fraction of sp³-hybridized carbons (Fsp3) is 0.615. The van der Waals surface area contributed by atoms with Gasteiger partial charge >= 0.3 is 11.9 Å². The number of fused-ring (bicyclic) bond motifs is 3. The number of ketones is 1. The summed E-state index contributed by atoms with van der Waals surface area (Å²) >= 11 is 0. The maximum atomic E-state index is 13.4. The Balaban J connectivity index is 0.00000768. The standard InChI is InChI=1S/C39H60N2O5.2HI.H2O/c1-7-11-21-40(5,22-12-8-2)25-15-27-45-38(43)31-17-19-33-34-20-18-32(30-36(34)37(42)35(33)29-31)39(44)46-28-16-26-41(6,23-13-9-3)24-14-10-4;;;/h17-20,29-30H,7-16,21-28H2,1-6H3;2*1H;1H2/q+2;;;/p-2. The lowest BCUT2D eigenvalue weighted by molar-refractivity contribution is -0.910. The SMILES string of the molecule is CCCC[N+](C)(CCCC)CCCOC(=O)c1ccc2c(c1)C(=O)c1cc(C(=O)OCCC[N+](C)(CCCC)CCCC)ccc1-2.O.[I-].[I-]. The molecule has 0 heterocycles. The average molecular weight is 909 g/mol. The molecular formula is C39H62I2N2O6. The smallest absolute Gasteiger partial charge is 0.338 e. The molecule has 1 aliphatic carbocycles. The van der Waals surface area contributed by atoms with Gasteiger partial charge in [0.1, 0.15) is 0 Å². The van der Waals surface area contributed by atoms with Crippen LogP contribution in [-0.4, -0.2) is 98.7 Å². The highest BCUT2D eigenvalue weighted by molar-refractivity contribution is 6.22. The molecule has 0 bridgehead atoms. The second kappa shape index (κ2) is 23.8. The molecule has 2 N–H and O–H groups in total. The minimum absolute atomic E-state index is 0. The van der Waals surface area contributed by atoms with E-state index in [-0.39, 0.29) is 59.2 Å². The van der Waals surface area contributed by atoms with E-state index >= 15 is 0 Å². The predicted molar refractivity (Wildman–Crippen MR) is 190 cm³/mol. The molecule has 0 aliphatic heterocycles. The third-order valence-electron chi connectivity index (χ3n) is 9.65. The van der Waals surface area contributed by atoms with Crippen molar-refractivity contribution in [1.29, 1.82) is 0 Å². The van der Waals surface area contributed by atoms with Crippen LogP contribution in [0.2, 0.25) is 0 Å². The predicted octanol–water partition coefficient (Wildman–Crippen LogP) is 1.27. The van der Waals surface area contributed by atoms with Crippen LogP contribution in [0.1, 0.15) is 129 Å². The van der Waals surface area contributed by atoms with E-state index in [0.29, 0.717) is 35.5 Å². The first-order chi connectivity index (χ1) is 22.1. The van der Waals surface area contributed by atoms with Crippen molar-refractivity contribution in [2.75, 3.05) is 66.6 Å². The summed E-state index contributed by atoms with van der Waals surface area (Å²) in [6.07, 6.45) is 11.1. The lowest BCUT2D eigenvalue weighted by Gasteiger charge is -2.34. The van der Waals surface area contributed by atoms with Gasteiger partial charge < -0.3 is 71.9 Å². The number of hydrogen-bond acceptors (Lipinski definition) is 5. The number of hydrogen-bond donors (Lipinski definition) is 0. The number of halogens is 2. The highest BCUT2D eigenvalue weighted by Gasteiger charge is 2.29. The van der Waals surface area contributed by atoms with Gasteiger partial charge in [0.15, 0.2) is 5.78 Å². The number of ether oxygens (including phenoxy) is 2. The Morgan fingerprint density at radius 3 is 1.14 bits per heavy atom. The van der Waals surface area contributed by atoms with Gasteiger partial charge in [0.25, 0.3) is 0 Å². The summed E-state index contributed by atoms with van der Waals surface area (Å²) in [5.41, 5.74) is 3.22. The normalized spacial score (nSPS) is 11.8. The fourth-order valence-corrected chi connectivity index (χ4v) is 6.55. The van der Waals surface area contributed by atoms with Gasteiger partial charge in [-0.25, -0.2) is 9.59 Å². The molecule has 3 rings (SSSR count). The molecule has 10 heteroatoms. The Morgan fingerprint density at radius 2 is 0.837 bits per heavy atom. The number of carbonyl (C=O) groups excluding carboxylic acids is 3. The van der Waals surface area contributed by atoms with Crippen LogP contribution >= 0.6 is 0 Å². The van der Waals surface area contributed by atoms with Crippen LogP contribution in [0.5, 0.6) is 0 Å². The molecule has 0 aromatic heterocycles. The van der Waals surface area contributed by atoms with E-state index < -0.39 is 11.9 Å². The summed E-state index contributed by atoms with van der Waals surface area (Å²) in [5, 5.41) is 0. The van der Waals surface area contributed by atoms with Crippen molar-refractivity contribution in [2.24, 2.45) is 0 Å². The number of nitrogens with zero attached hydrogens (tertiary/aromatic N) is 2. The lowest BCUT2D eigenvalue weighted by atomic mass is 10.0. The molecule has 278 valence electrons. The molecule has 8 nitrogen and oxygen atoms in total. The first kappa shape index (κ1) is 47.4. The molecular weight excluding hydrogens is 846 g/mol. The third kappa shape index (κ3) is 14.1. The van der Waals surface area contributed by atoms with Crippen molar-refractivity contribution in [1.82, 2.24) is 0 Å². The zero-order valence-corrected chi connectivity index (χ0v) is 35.2. The Kier molecular flexibility index (Phi) is 23.0. The second-order valence-corrected chi connectivity index (χ2v) is 13.8. The molecule has 2 aromatic rings. The molecule has 0 fully saturated rings. The van der Waals surface area contributed by atoms with E-state index in [1.54, 1.807) is 24.3 Å². The highest BCUT2D eigenvalue weighted by Crippen LogP contribution is 2.37. The first-order valence-electron chi connectivity index (χ1n) is 17.9. The molecule has 0 atom stereocenters. The molecule has 1 aliphatic rings. The maximum absolute atomic E-state index is 13.4. The molecule has 0 saturated heterocycles. The summed E-state index contributed by atoms with van der Waals surface area (Å²) in [4.78, 5) is 39.3. The Labute approximate surface area is 330 Å². The average Bonchev–Trinajstić information content (AvgIpc) is 3.35. The van der Waals surface area contributed by atoms with Gasteiger partial charge in [-0.1, -0.05) is 65.5 Å². The van der Waals surface area contributed by atoms with E-state index in [1.807, 2.05) is 12.1 Å². The summed E-state index contributed by atoms with van der Waals surface area (Å²) in [5.74, 6) is -1.01. The zero-order chi connectivity index (χ0) is 33.6. The van der Waals surface area contributed by atoms with Gasteiger partial charge in [-0.3, -0.25) is 4.79 Å². The van der Waals surface area contributed by atoms with Crippen molar-refractivity contribution >= 4 is 17.7 Å². The highest BCUT2D eigenvalue weighted by atomic mass is 127. The van der Waals surface area contributed by atoms with Crippen molar-refractivity contribution < 1.29 is 86.3 Å². The molecule has 0 saturated carbocycles. The molecule has 49 heavy (non-hydrogen) atoms. The number of esters is 2. The van der Waals surface area contributed by atoms with E-state index in [9.17, 15) is 14.4 Å². The topological polar surface area (TPSA) is 101 Å². The monoisotopic (exact) mass is 908 g/mol. The second-order valence-electron chi connectivity index (χ2n) is 13.8. The molecule has 2 aromatic carbocycles. The number of rotatable bonds is 22. The van der Waals surface area contributed by atoms with Crippen molar-refractivity contribution in [3.8, 4) is 11.1 Å². The van der Waals surface area contributed by atoms with E-state index in [1.165, 1.54) is 51.4 Å². The van der Waals surface area contributed by atoms with Gasteiger partial charge in [-0.05, 0) is 61.1 Å². The van der Waals surface area contributed by atoms with Crippen molar-refractivity contribution in [2.45, 2.75) is 91.9 Å². The van der Waals surface area contributed by atoms with Gasteiger partial charge in [-0.2, -0.15) is 0 Å². The van der Waals surface area contributed by atoms with E-state index in [4.69, 9.17) is 9.47 Å². The van der Waals surface area contributed by atoms with Crippen LogP contribution < -0.4 is 48.0 Å². The molecule has 0 amide bonds. The third-order valence-corrected chi connectivity index (χ3v) is 9.65. The summed E-state index contributed by atoms with van der Waals surface area (Å²) in [6, 6.07) is 10.3. The van der Waals surface area contributed by atoms with Gasteiger partial charge in [0, 0.05) is 24.0 Å². The number of benzene rings is 2. The summed E-state index contributed by atoms with van der Waals surface area (Å²) in [6.45, 7) is 16.1. The quantitative estimate of drug-likeness (QED) is 0.0656. The van der Waals surface area contributed by atoms with Crippen LogP contribution in [0.25, 0.3) is 11.1 Å².